The van der Waals surface area contributed by atoms with Crippen LogP contribution < -0.4 is 0 Å². The average molecular weight is 149 g/mol. The van der Waals surface area contributed by atoms with E-state index >= 15 is 0 Å². The SMILES string of the molecule is CCCN(C)C(=S)S. The van der Waals surface area contributed by atoms with Crippen molar-refractivity contribution in [1.29, 1.82) is 0 Å². The highest BCUT2D eigenvalue weighted by atomic mass is 32.1. The van der Waals surface area contributed by atoms with Crippen LogP contribution in [0.1, 0.15) is 13.3 Å². The fraction of sp³-hybridized carbons (Fsp3) is 0.800. The van der Waals surface area contributed by atoms with E-state index in [0.717, 1.165) is 13.0 Å². The summed E-state index contributed by atoms with van der Waals surface area (Å²) in [5, 5.41) is 0. The normalized spacial score (nSPS) is 8.88. The van der Waals surface area contributed by atoms with E-state index in [1.807, 2.05) is 11.9 Å². The van der Waals surface area contributed by atoms with Gasteiger partial charge in [0.2, 0.25) is 0 Å². The largest absolute Gasteiger partial charge is 0.361 e. The summed E-state index contributed by atoms with van der Waals surface area (Å²) in [7, 11) is 1.94. The van der Waals surface area contributed by atoms with Crippen LogP contribution >= 0.6 is 24.8 Å². The molecule has 0 saturated heterocycles. The molecule has 0 N–H and O–H groups in total. The molecule has 0 heterocycles. The van der Waals surface area contributed by atoms with Crippen molar-refractivity contribution in [1.82, 2.24) is 4.90 Å². The molecule has 0 fully saturated rings. The lowest BCUT2D eigenvalue weighted by molar-refractivity contribution is 0.518. The fourth-order valence-electron chi connectivity index (χ4n) is 0.431. The molecule has 8 heavy (non-hydrogen) atoms. The Morgan fingerprint density at radius 2 is 2.25 bits per heavy atom. The van der Waals surface area contributed by atoms with Crippen LogP contribution in [0.25, 0.3) is 0 Å². The number of hydrogen-bond donors (Lipinski definition) is 1. The van der Waals surface area contributed by atoms with Gasteiger partial charge in [0, 0.05) is 13.6 Å². The van der Waals surface area contributed by atoms with E-state index < -0.39 is 0 Å². The van der Waals surface area contributed by atoms with Gasteiger partial charge in [-0.3, -0.25) is 0 Å². The lowest BCUT2D eigenvalue weighted by Gasteiger charge is -2.13. The second-order valence-electron chi connectivity index (χ2n) is 1.70. The standard InChI is InChI=1S/C5H11NS2/c1-3-4-6(2)5(7)8/h3-4H2,1-2H3,(H,7,8). The van der Waals surface area contributed by atoms with Crippen molar-refractivity contribution < 1.29 is 0 Å². The molecule has 1 nitrogen and oxygen atoms in total. The molecule has 0 aliphatic heterocycles. The summed E-state index contributed by atoms with van der Waals surface area (Å²) in [5.74, 6) is 0. The van der Waals surface area contributed by atoms with Crippen LogP contribution in [-0.4, -0.2) is 22.8 Å². The Morgan fingerprint density at radius 3 is 2.38 bits per heavy atom. The van der Waals surface area contributed by atoms with Crippen molar-refractivity contribution in [3.8, 4) is 0 Å². The summed E-state index contributed by atoms with van der Waals surface area (Å²) < 4.78 is 0.673. The molecule has 0 aliphatic carbocycles. The van der Waals surface area contributed by atoms with Gasteiger partial charge in [0.05, 0.1) is 0 Å². The third-order valence-corrected chi connectivity index (χ3v) is 1.54. The van der Waals surface area contributed by atoms with Crippen molar-refractivity contribution in [2.45, 2.75) is 13.3 Å². The second kappa shape index (κ2) is 4.15. The molecule has 0 rings (SSSR count). The highest BCUT2D eigenvalue weighted by Gasteiger charge is 1.93. The van der Waals surface area contributed by atoms with E-state index in [1.165, 1.54) is 0 Å². The summed E-state index contributed by atoms with van der Waals surface area (Å²) in [6.07, 6.45) is 1.12. The Bertz CT molecular complexity index is 82.5. The van der Waals surface area contributed by atoms with E-state index in [9.17, 15) is 0 Å². The van der Waals surface area contributed by atoms with E-state index in [2.05, 4.69) is 19.6 Å². The highest BCUT2D eigenvalue weighted by molar-refractivity contribution is 8.10. The Morgan fingerprint density at radius 1 is 1.75 bits per heavy atom. The van der Waals surface area contributed by atoms with Crippen molar-refractivity contribution in [2.75, 3.05) is 13.6 Å². The molecule has 0 spiro atoms. The predicted molar refractivity (Wildman–Crippen MR) is 44.5 cm³/mol. The summed E-state index contributed by atoms with van der Waals surface area (Å²) >= 11 is 8.76. The lowest BCUT2D eigenvalue weighted by Crippen LogP contribution is -2.20. The Balaban J connectivity index is 3.32. The third kappa shape index (κ3) is 3.27. The molecular weight excluding hydrogens is 138 g/mol. The van der Waals surface area contributed by atoms with Crippen LogP contribution in [0.3, 0.4) is 0 Å². The van der Waals surface area contributed by atoms with Gasteiger partial charge in [-0.1, -0.05) is 19.1 Å². The van der Waals surface area contributed by atoms with Gasteiger partial charge in [-0.25, -0.2) is 0 Å². The fourth-order valence-corrected chi connectivity index (χ4v) is 0.622. The lowest BCUT2D eigenvalue weighted by atomic mass is 10.5. The van der Waals surface area contributed by atoms with E-state index in [4.69, 9.17) is 12.2 Å². The highest BCUT2D eigenvalue weighted by Crippen LogP contribution is 1.92. The Labute approximate surface area is 61.5 Å². The predicted octanol–water partition coefficient (Wildman–Crippen LogP) is 1.54. The first-order chi connectivity index (χ1) is 3.68. The van der Waals surface area contributed by atoms with Crippen LogP contribution in [-0.2, 0) is 0 Å². The number of thiol groups is 1. The quantitative estimate of drug-likeness (QED) is 0.468. The molecular formula is C5H11NS2. The number of thiocarbonyl (C=S) groups is 1. The average Bonchev–Trinajstić information content (AvgIpc) is 1.67. The topological polar surface area (TPSA) is 3.24 Å². The van der Waals surface area contributed by atoms with Gasteiger partial charge >= 0.3 is 0 Å². The van der Waals surface area contributed by atoms with Gasteiger partial charge in [0.15, 0.2) is 0 Å². The van der Waals surface area contributed by atoms with Crippen LogP contribution in [0.2, 0.25) is 0 Å². The van der Waals surface area contributed by atoms with Gasteiger partial charge in [0.1, 0.15) is 4.32 Å². The number of hydrogen-bond acceptors (Lipinski definition) is 1. The van der Waals surface area contributed by atoms with Crippen LogP contribution in [0.4, 0.5) is 0 Å². The van der Waals surface area contributed by atoms with Crippen LogP contribution in [0.15, 0.2) is 0 Å². The minimum atomic E-state index is 0.673. The van der Waals surface area contributed by atoms with Crippen LogP contribution in [0, 0.1) is 0 Å². The van der Waals surface area contributed by atoms with Crippen LogP contribution in [0.5, 0.6) is 0 Å². The second-order valence-corrected chi connectivity index (χ2v) is 2.82. The smallest absolute Gasteiger partial charge is 0.133 e. The molecule has 48 valence electrons. The first-order valence-electron chi connectivity index (χ1n) is 2.62. The molecule has 0 aliphatic rings. The molecule has 0 aromatic carbocycles. The number of rotatable bonds is 2. The zero-order valence-electron chi connectivity index (χ0n) is 5.22. The molecule has 0 aromatic rings. The molecule has 0 saturated carbocycles. The summed E-state index contributed by atoms with van der Waals surface area (Å²) in [4.78, 5) is 1.94. The van der Waals surface area contributed by atoms with Gasteiger partial charge in [-0.15, -0.1) is 12.6 Å². The van der Waals surface area contributed by atoms with E-state index in [0.29, 0.717) is 4.32 Å². The molecule has 0 amide bonds. The number of nitrogens with zero attached hydrogens (tertiary/aromatic N) is 1. The molecule has 3 heteroatoms. The van der Waals surface area contributed by atoms with Gasteiger partial charge in [-0.05, 0) is 6.42 Å². The maximum atomic E-state index is 4.77. The summed E-state index contributed by atoms with van der Waals surface area (Å²) in [6, 6.07) is 0. The van der Waals surface area contributed by atoms with Crippen molar-refractivity contribution in [3.63, 3.8) is 0 Å². The first-order valence-corrected chi connectivity index (χ1v) is 3.48. The van der Waals surface area contributed by atoms with E-state index in [-0.39, 0.29) is 0 Å². The molecule has 0 aromatic heterocycles. The minimum absolute atomic E-state index is 0.673. The minimum Gasteiger partial charge on any atom is -0.361 e. The summed E-state index contributed by atoms with van der Waals surface area (Å²) in [6.45, 7) is 3.12. The van der Waals surface area contributed by atoms with Crippen molar-refractivity contribution >= 4 is 29.2 Å². The zero-order chi connectivity index (χ0) is 6.57. The molecule has 0 atom stereocenters. The third-order valence-electron chi connectivity index (χ3n) is 0.886. The van der Waals surface area contributed by atoms with Gasteiger partial charge < -0.3 is 4.90 Å². The van der Waals surface area contributed by atoms with Gasteiger partial charge in [0.25, 0.3) is 0 Å². The molecule has 0 unspecified atom stereocenters. The van der Waals surface area contributed by atoms with E-state index in [1.54, 1.807) is 0 Å². The summed E-state index contributed by atoms with van der Waals surface area (Å²) in [5.41, 5.74) is 0. The maximum Gasteiger partial charge on any atom is 0.133 e. The first kappa shape index (κ1) is 8.24. The zero-order valence-corrected chi connectivity index (χ0v) is 6.93. The maximum absolute atomic E-state index is 4.77. The van der Waals surface area contributed by atoms with Crippen molar-refractivity contribution in [2.24, 2.45) is 0 Å². The monoisotopic (exact) mass is 149 g/mol. The van der Waals surface area contributed by atoms with Gasteiger partial charge in [-0.2, -0.15) is 0 Å². The molecule has 0 radical (unpaired) electrons. The molecule has 0 bridgehead atoms. The Hall–Kier alpha value is 0.240. The Kier molecular flexibility index (Phi) is 4.28. The van der Waals surface area contributed by atoms with Crippen molar-refractivity contribution in [3.05, 3.63) is 0 Å².